The molecule has 1 N–H and O–H groups in total. The number of halogens is 3. The lowest BCUT2D eigenvalue weighted by Crippen LogP contribution is -2.22. The van der Waals surface area contributed by atoms with Crippen LogP contribution >= 0.6 is 0 Å². The molecule has 1 heterocycles. The van der Waals surface area contributed by atoms with Gasteiger partial charge in [0, 0.05) is 13.2 Å². The Kier molecular flexibility index (Phi) is 4.12. The van der Waals surface area contributed by atoms with Gasteiger partial charge in [0.2, 0.25) is 0 Å². The fraction of sp³-hybridized carbons (Fsp3) is 0.636. The van der Waals surface area contributed by atoms with E-state index in [0.717, 1.165) is 10.9 Å². The maximum atomic E-state index is 12.6. The van der Waals surface area contributed by atoms with Crippen LogP contribution in [0.2, 0.25) is 0 Å². The summed E-state index contributed by atoms with van der Waals surface area (Å²) < 4.78 is 43.7. The minimum atomic E-state index is -4.63. The van der Waals surface area contributed by atoms with Crippen LogP contribution in [-0.4, -0.2) is 22.5 Å². The highest BCUT2D eigenvalue weighted by molar-refractivity contribution is 5.85. The number of nitrogens with one attached hydrogen (secondary N) is 1. The molecule has 0 aliphatic carbocycles. The molecule has 0 saturated carbocycles. The number of hydrogen-bond acceptors (Lipinski definition) is 3. The third-order valence-corrected chi connectivity index (χ3v) is 1.97. The number of carbonyl (C=O) groups excluding carboxylic acids is 1. The second-order valence-corrected chi connectivity index (χ2v) is 5.32. The largest absolute Gasteiger partial charge is 0.449 e. The van der Waals surface area contributed by atoms with Crippen LogP contribution in [0.5, 0.6) is 0 Å². The second kappa shape index (κ2) is 5.10. The monoisotopic (exact) mass is 279 g/mol. The van der Waals surface area contributed by atoms with Crippen LogP contribution in [-0.2, 0) is 18.0 Å². The van der Waals surface area contributed by atoms with Crippen molar-refractivity contribution in [1.29, 1.82) is 0 Å². The summed E-state index contributed by atoms with van der Waals surface area (Å²) >= 11 is 0. The highest BCUT2D eigenvalue weighted by Gasteiger charge is 2.37. The summed E-state index contributed by atoms with van der Waals surface area (Å²) in [6.45, 7) is 5.61. The van der Waals surface area contributed by atoms with Crippen molar-refractivity contribution in [2.24, 2.45) is 12.5 Å². The van der Waals surface area contributed by atoms with Gasteiger partial charge in [0.25, 0.3) is 0 Å². The average Bonchev–Trinajstić information content (AvgIpc) is 2.55. The fourth-order valence-corrected chi connectivity index (χ4v) is 1.22. The standard InChI is InChI=1S/C11H16F3N3O2/c1-10(2,3)6-19-9(18)15-7-5-17(4)16-8(7)11(12,13)14/h5H,6H2,1-4H3,(H,15,18). The van der Waals surface area contributed by atoms with Gasteiger partial charge >= 0.3 is 12.3 Å². The molecule has 0 aliphatic heterocycles. The van der Waals surface area contributed by atoms with Gasteiger partial charge in [-0.05, 0) is 5.41 Å². The minimum absolute atomic E-state index is 0.0977. The number of amides is 1. The van der Waals surface area contributed by atoms with Crippen LogP contribution < -0.4 is 5.32 Å². The van der Waals surface area contributed by atoms with E-state index in [1.165, 1.54) is 7.05 Å². The van der Waals surface area contributed by atoms with Crippen LogP contribution in [0.15, 0.2) is 6.20 Å². The molecule has 8 heteroatoms. The molecule has 19 heavy (non-hydrogen) atoms. The Morgan fingerprint density at radius 1 is 1.42 bits per heavy atom. The Bertz CT molecular complexity index is 461. The zero-order chi connectivity index (χ0) is 14.8. The first-order chi connectivity index (χ1) is 8.49. The van der Waals surface area contributed by atoms with Gasteiger partial charge in [-0.3, -0.25) is 10.00 Å². The zero-order valence-corrected chi connectivity index (χ0v) is 11.1. The summed E-state index contributed by atoms with van der Waals surface area (Å²) in [5.41, 5.74) is -1.84. The molecule has 0 saturated heterocycles. The maximum absolute atomic E-state index is 12.6. The summed E-state index contributed by atoms with van der Waals surface area (Å²) in [6.07, 6.45) is -4.50. The van der Waals surface area contributed by atoms with Gasteiger partial charge in [-0.15, -0.1) is 0 Å². The van der Waals surface area contributed by atoms with Gasteiger partial charge in [-0.25, -0.2) is 4.79 Å². The quantitative estimate of drug-likeness (QED) is 0.905. The van der Waals surface area contributed by atoms with Gasteiger partial charge in [0.05, 0.1) is 12.3 Å². The molecule has 0 bridgehead atoms. The number of aryl methyl sites for hydroxylation is 1. The summed E-state index contributed by atoms with van der Waals surface area (Å²) in [7, 11) is 1.33. The fourth-order valence-electron chi connectivity index (χ4n) is 1.22. The third-order valence-electron chi connectivity index (χ3n) is 1.97. The smallest absolute Gasteiger partial charge is 0.437 e. The summed E-state index contributed by atoms with van der Waals surface area (Å²) in [5, 5.41) is 5.31. The molecule has 108 valence electrons. The van der Waals surface area contributed by atoms with E-state index in [0.29, 0.717) is 0 Å². The number of rotatable bonds is 2. The Balaban J connectivity index is 2.75. The summed E-state index contributed by atoms with van der Waals surface area (Å²) in [4.78, 5) is 11.4. The Morgan fingerprint density at radius 2 is 2.00 bits per heavy atom. The predicted molar refractivity (Wildman–Crippen MR) is 62.6 cm³/mol. The number of hydrogen-bond donors (Lipinski definition) is 1. The van der Waals surface area contributed by atoms with Crippen LogP contribution in [0.3, 0.4) is 0 Å². The van der Waals surface area contributed by atoms with E-state index in [4.69, 9.17) is 4.74 Å². The molecular weight excluding hydrogens is 263 g/mol. The number of carbonyl (C=O) groups is 1. The van der Waals surface area contributed by atoms with Crippen molar-refractivity contribution in [3.8, 4) is 0 Å². The molecule has 1 aromatic heterocycles. The third kappa shape index (κ3) is 4.80. The first-order valence-electron chi connectivity index (χ1n) is 5.54. The van der Waals surface area contributed by atoms with Crippen LogP contribution in [0, 0.1) is 5.41 Å². The molecule has 0 atom stereocenters. The molecular formula is C11H16F3N3O2. The highest BCUT2D eigenvalue weighted by atomic mass is 19.4. The van der Waals surface area contributed by atoms with E-state index >= 15 is 0 Å². The first-order valence-corrected chi connectivity index (χ1v) is 5.54. The molecule has 1 rings (SSSR count). The average molecular weight is 279 g/mol. The van der Waals surface area contributed by atoms with E-state index in [1.54, 1.807) is 0 Å². The van der Waals surface area contributed by atoms with Gasteiger partial charge in [-0.2, -0.15) is 18.3 Å². The number of aromatic nitrogens is 2. The van der Waals surface area contributed by atoms with Crippen LogP contribution in [0.1, 0.15) is 26.5 Å². The predicted octanol–water partition coefficient (Wildman–Crippen LogP) is 3.03. The molecule has 5 nitrogen and oxygen atoms in total. The van der Waals surface area contributed by atoms with Crippen molar-refractivity contribution >= 4 is 11.8 Å². The number of alkyl halides is 3. The lowest BCUT2D eigenvalue weighted by atomic mass is 9.99. The van der Waals surface area contributed by atoms with E-state index in [9.17, 15) is 18.0 Å². The molecule has 0 unspecified atom stereocenters. The van der Waals surface area contributed by atoms with E-state index in [-0.39, 0.29) is 12.0 Å². The Hall–Kier alpha value is -1.73. The van der Waals surface area contributed by atoms with E-state index < -0.39 is 23.7 Å². The molecule has 0 fully saturated rings. The number of anilines is 1. The zero-order valence-electron chi connectivity index (χ0n) is 11.1. The SMILES string of the molecule is Cn1cc(NC(=O)OCC(C)(C)C)c(C(F)(F)F)n1. The normalized spacial score (nSPS) is 12.4. The lowest BCUT2D eigenvalue weighted by Gasteiger charge is -2.18. The van der Waals surface area contributed by atoms with Crippen LogP contribution in [0.25, 0.3) is 0 Å². The van der Waals surface area contributed by atoms with Crippen molar-refractivity contribution in [3.63, 3.8) is 0 Å². The minimum Gasteiger partial charge on any atom is -0.449 e. The molecule has 0 spiro atoms. The molecule has 1 amide bonds. The van der Waals surface area contributed by atoms with Crippen LogP contribution in [0.4, 0.5) is 23.7 Å². The van der Waals surface area contributed by atoms with Crippen molar-refractivity contribution in [3.05, 3.63) is 11.9 Å². The first kappa shape index (κ1) is 15.3. The van der Waals surface area contributed by atoms with Crippen molar-refractivity contribution < 1.29 is 22.7 Å². The van der Waals surface area contributed by atoms with Gasteiger partial charge in [-0.1, -0.05) is 20.8 Å². The van der Waals surface area contributed by atoms with E-state index in [2.05, 4.69) is 5.10 Å². The van der Waals surface area contributed by atoms with Crippen molar-refractivity contribution in [2.45, 2.75) is 26.9 Å². The topological polar surface area (TPSA) is 56.2 Å². The Labute approximate surface area is 108 Å². The molecule has 0 aromatic carbocycles. The Morgan fingerprint density at radius 3 is 2.47 bits per heavy atom. The lowest BCUT2D eigenvalue weighted by molar-refractivity contribution is -0.140. The van der Waals surface area contributed by atoms with Gasteiger partial charge in [0.1, 0.15) is 0 Å². The number of ether oxygens (including phenoxy) is 1. The van der Waals surface area contributed by atoms with E-state index in [1.807, 2.05) is 26.1 Å². The van der Waals surface area contributed by atoms with Crippen molar-refractivity contribution in [2.75, 3.05) is 11.9 Å². The van der Waals surface area contributed by atoms with Gasteiger partial charge in [0.15, 0.2) is 5.69 Å². The highest BCUT2D eigenvalue weighted by Crippen LogP contribution is 2.33. The maximum Gasteiger partial charge on any atom is 0.437 e. The molecule has 0 aliphatic rings. The molecule has 0 radical (unpaired) electrons. The summed E-state index contributed by atoms with van der Waals surface area (Å²) in [6, 6.07) is 0. The van der Waals surface area contributed by atoms with Gasteiger partial charge < -0.3 is 4.74 Å². The molecule has 1 aromatic rings. The number of nitrogens with zero attached hydrogens (tertiary/aromatic N) is 2. The van der Waals surface area contributed by atoms with Crippen molar-refractivity contribution in [1.82, 2.24) is 9.78 Å². The second-order valence-electron chi connectivity index (χ2n) is 5.32. The summed E-state index contributed by atoms with van der Waals surface area (Å²) in [5.74, 6) is 0.